The van der Waals surface area contributed by atoms with E-state index in [-0.39, 0.29) is 12.5 Å². The molecule has 0 spiro atoms. The Morgan fingerprint density at radius 1 is 1.17 bits per heavy atom. The molecule has 2 aliphatic heterocycles. The maximum Gasteiger partial charge on any atom is 0.269 e. The summed E-state index contributed by atoms with van der Waals surface area (Å²) in [7, 11) is 0. The van der Waals surface area contributed by atoms with Crippen molar-refractivity contribution in [1.82, 2.24) is 9.66 Å². The summed E-state index contributed by atoms with van der Waals surface area (Å²) < 4.78 is 13.0. The largest absolute Gasteiger partial charge is 0.454 e. The number of imidazole rings is 1. The van der Waals surface area contributed by atoms with Crippen LogP contribution in [0, 0.1) is 17.0 Å². The van der Waals surface area contributed by atoms with Gasteiger partial charge in [-0.25, -0.2) is 9.66 Å². The van der Waals surface area contributed by atoms with Crippen molar-refractivity contribution in [2.45, 2.75) is 26.7 Å². The van der Waals surface area contributed by atoms with Crippen LogP contribution in [0.5, 0.6) is 11.5 Å². The monoisotopic (exact) mass is 390 g/mol. The summed E-state index contributed by atoms with van der Waals surface area (Å²) in [5.74, 6) is 2.24. The molecule has 3 heterocycles. The first-order chi connectivity index (χ1) is 14.0. The first-order valence-electron chi connectivity index (χ1n) is 9.39. The highest BCUT2D eigenvalue weighted by molar-refractivity contribution is 6.14. The molecule has 0 unspecified atom stereocenters. The number of hydrogen-bond acceptors (Lipinski definition) is 6. The van der Waals surface area contributed by atoms with Gasteiger partial charge in [-0.05, 0) is 43.2 Å². The number of rotatable bonds is 3. The average molecular weight is 390 g/mol. The zero-order chi connectivity index (χ0) is 20.1. The third kappa shape index (κ3) is 2.75. The topological polar surface area (TPSA) is 91.8 Å². The highest BCUT2D eigenvalue weighted by Crippen LogP contribution is 2.38. The quantitative estimate of drug-likeness (QED) is 0.394. The van der Waals surface area contributed by atoms with E-state index < -0.39 is 4.92 Å². The fraction of sp³-hybridized carbons (Fsp3) is 0.238. The Balaban J connectivity index is 1.75. The van der Waals surface area contributed by atoms with Gasteiger partial charge in [0.2, 0.25) is 6.79 Å². The van der Waals surface area contributed by atoms with E-state index in [1.807, 2.05) is 23.7 Å². The second-order valence-electron chi connectivity index (χ2n) is 7.02. The Bertz CT molecular complexity index is 1180. The Morgan fingerprint density at radius 3 is 2.59 bits per heavy atom. The lowest BCUT2D eigenvalue weighted by molar-refractivity contribution is -0.384. The average Bonchev–Trinajstić information content (AvgIpc) is 3.24. The Labute approximate surface area is 166 Å². The number of aromatic nitrogens is 2. The molecule has 1 aromatic heterocycles. The molecule has 8 nitrogen and oxygen atoms in total. The minimum atomic E-state index is -0.406. The number of non-ortho nitro benzene ring substituents is 1. The van der Waals surface area contributed by atoms with Gasteiger partial charge >= 0.3 is 0 Å². The number of aryl methyl sites for hydroxylation is 1. The van der Waals surface area contributed by atoms with Gasteiger partial charge in [-0.2, -0.15) is 5.10 Å². The molecule has 0 atom stereocenters. The van der Waals surface area contributed by atoms with Crippen molar-refractivity contribution in [2.75, 3.05) is 6.79 Å². The number of benzene rings is 2. The number of hydrogen-bond donors (Lipinski definition) is 0. The number of nitro groups is 1. The van der Waals surface area contributed by atoms with E-state index in [1.54, 1.807) is 12.1 Å². The summed E-state index contributed by atoms with van der Waals surface area (Å²) in [6, 6.07) is 10.4. The highest BCUT2D eigenvalue weighted by atomic mass is 16.7. The first kappa shape index (κ1) is 17.4. The lowest BCUT2D eigenvalue weighted by Gasteiger charge is -2.11. The molecule has 8 heteroatoms. The van der Waals surface area contributed by atoms with E-state index in [2.05, 4.69) is 6.92 Å². The molecule has 0 N–H and O–H groups in total. The van der Waals surface area contributed by atoms with E-state index in [9.17, 15) is 10.1 Å². The second-order valence-corrected chi connectivity index (χ2v) is 7.02. The summed E-state index contributed by atoms with van der Waals surface area (Å²) in [5.41, 5.74) is 5.50. The molecule has 5 rings (SSSR count). The predicted molar refractivity (Wildman–Crippen MR) is 106 cm³/mol. The van der Waals surface area contributed by atoms with Crippen LogP contribution in [0.4, 0.5) is 5.69 Å². The SMILES string of the molecule is CCc1c(C)nc2n1N=C(c1ccc([N+](=O)[O-])cc1)c1cc3c(cc1C2)OCO3. The van der Waals surface area contributed by atoms with Crippen LogP contribution in [-0.2, 0) is 12.8 Å². The zero-order valence-electron chi connectivity index (χ0n) is 16.0. The normalized spacial score (nSPS) is 14.1. The maximum atomic E-state index is 11.1. The van der Waals surface area contributed by atoms with Gasteiger partial charge in [-0.15, -0.1) is 0 Å². The molecule has 0 radical (unpaired) electrons. The molecule has 29 heavy (non-hydrogen) atoms. The van der Waals surface area contributed by atoms with E-state index in [0.29, 0.717) is 17.9 Å². The van der Waals surface area contributed by atoms with E-state index in [4.69, 9.17) is 19.6 Å². The minimum absolute atomic E-state index is 0.0438. The molecular formula is C21H18N4O4. The molecule has 0 fully saturated rings. The van der Waals surface area contributed by atoms with E-state index >= 15 is 0 Å². The lowest BCUT2D eigenvalue weighted by Crippen LogP contribution is -2.08. The van der Waals surface area contributed by atoms with Crippen molar-refractivity contribution in [3.8, 4) is 11.5 Å². The molecule has 0 saturated heterocycles. The van der Waals surface area contributed by atoms with Crippen LogP contribution in [0.2, 0.25) is 0 Å². The third-order valence-electron chi connectivity index (χ3n) is 5.30. The van der Waals surface area contributed by atoms with E-state index in [0.717, 1.165) is 46.0 Å². The number of nitrogens with zero attached hydrogens (tertiary/aromatic N) is 4. The van der Waals surface area contributed by atoms with Crippen LogP contribution >= 0.6 is 0 Å². The molecule has 3 aromatic rings. The van der Waals surface area contributed by atoms with Gasteiger partial charge in [0.05, 0.1) is 22.0 Å². The van der Waals surface area contributed by atoms with Crippen molar-refractivity contribution < 1.29 is 14.4 Å². The Hall–Kier alpha value is -3.68. The molecule has 0 amide bonds. The maximum absolute atomic E-state index is 11.1. The van der Waals surface area contributed by atoms with Gasteiger partial charge in [0.1, 0.15) is 5.82 Å². The third-order valence-corrected chi connectivity index (χ3v) is 5.30. The standard InChI is InChI=1S/C21H18N4O4/c1-3-17-12(2)22-20-9-14-8-18-19(29-11-28-18)10-16(14)21(23-24(17)20)13-4-6-15(7-5-13)25(26)27/h4-8,10H,3,9,11H2,1-2H3. The minimum Gasteiger partial charge on any atom is -0.454 e. The molecule has 0 bridgehead atoms. The van der Waals surface area contributed by atoms with Crippen LogP contribution in [-0.4, -0.2) is 27.1 Å². The van der Waals surface area contributed by atoms with Crippen molar-refractivity contribution in [3.63, 3.8) is 0 Å². The molecule has 146 valence electrons. The van der Waals surface area contributed by atoms with E-state index in [1.165, 1.54) is 12.1 Å². The van der Waals surface area contributed by atoms with Crippen LogP contribution in [0.15, 0.2) is 41.5 Å². The van der Waals surface area contributed by atoms with Crippen LogP contribution < -0.4 is 9.47 Å². The smallest absolute Gasteiger partial charge is 0.269 e. The lowest BCUT2D eigenvalue weighted by atomic mass is 9.95. The molecule has 2 aliphatic rings. The number of nitro benzene ring substituents is 1. The summed E-state index contributed by atoms with van der Waals surface area (Å²) in [6.07, 6.45) is 1.40. The Kier molecular flexibility index (Phi) is 3.87. The summed E-state index contributed by atoms with van der Waals surface area (Å²) in [5, 5.41) is 16.0. The van der Waals surface area contributed by atoms with Gasteiger partial charge in [-0.3, -0.25) is 10.1 Å². The van der Waals surface area contributed by atoms with Crippen LogP contribution in [0.3, 0.4) is 0 Å². The molecule has 2 aromatic carbocycles. The number of ether oxygens (including phenoxy) is 2. The summed E-state index contributed by atoms with van der Waals surface area (Å²) in [6.45, 7) is 4.25. The van der Waals surface area contributed by atoms with Crippen molar-refractivity contribution in [3.05, 3.63) is 80.4 Å². The van der Waals surface area contributed by atoms with Crippen molar-refractivity contribution >= 4 is 11.4 Å². The highest BCUT2D eigenvalue weighted by Gasteiger charge is 2.26. The van der Waals surface area contributed by atoms with Gasteiger partial charge in [0.25, 0.3) is 5.69 Å². The van der Waals surface area contributed by atoms with Crippen LogP contribution in [0.1, 0.15) is 40.8 Å². The van der Waals surface area contributed by atoms with Crippen molar-refractivity contribution in [1.29, 1.82) is 0 Å². The fourth-order valence-electron chi connectivity index (χ4n) is 3.88. The first-order valence-corrected chi connectivity index (χ1v) is 9.39. The van der Waals surface area contributed by atoms with Gasteiger partial charge in [0.15, 0.2) is 11.5 Å². The van der Waals surface area contributed by atoms with Gasteiger partial charge in [0, 0.05) is 29.7 Å². The van der Waals surface area contributed by atoms with Crippen LogP contribution in [0.25, 0.3) is 0 Å². The zero-order valence-corrected chi connectivity index (χ0v) is 16.0. The molecule has 0 saturated carbocycles. The summed E-state index contributed by atoms with van der Waals surface area (Å²) in [4.78, 5) is 15.4. The predicted octanol–water partition coefficient (Wildman–Crippen LogP) is 3.60. The van der Waals surface area contributed by atoms with Gasteiger partial charge < -0.3 is 9.47 Å². The van der Waals surface area contributed by atoms with Gasteiger partial charge in [-0.1, -0.05) is 6.92 Å². The fourth-order valence-corrected chi connectivity index (χ4v) is 3.88. The van der Waals surface area contributed by atoms with Crippen molar-refractivity contribution in [2.24, 2.45) is 5.10 Å². The number of fused-ring (bicyclic) bond motifs is 3. The Morgan fingerprint density at radius 2 is 1.90 bits per heavy atom. The second kappa shape index (κ2) is 6.44. The summed E-state index contributed by atoms with van der Waals surface area (Å²) >= 11 is 0. The molecular weight excluding hydrogens is 372 g/mol. The molecule has 0 aliphatic carbocycles.